The van der Waals surface area contributed by atoms with Crippen LogP contribution in [0.5, 0.6) is 5.75 Å². The van der Waals surface area contributed by atoms with Crippen molar-refractivity contribution in [3.8, 4) is 28.0 Å². The molecule has 0 amide bonds. The van der Waals surface area contributed by atoms with Gasteiger partial charge in [-0.2, -0.15) is 0 Å². The van der Waals surface area contributed by atoms with E-state index in [-0.39, 0.29) is 0 Å². The lowest BCUT2D eigenvalue weighted by atomic mass is 9.90. The van der Waals surface area contributed by atoms with Crippen molar-refractivity contribution in [1.29, 1.82) is 0 Å². The van der Waals surface area contributed by atoms with E-state index in [2.05, 4.69) is 141 Å². The molecule has 6 aromatic carbocycles. The maximum absolute atomic E-state index is 6.18. The molecule has 0 spiro atoms. The Labute approximate surface area is 269 Å². The first-order valence-corrected chi connectivity index (χ1v) is 17.7. The predicted octanol–water partition coefficient (Wildman–Crippen LogP) is 10.5. The molecular weight excluding hydrogens is 565 g/mol. The Bertz CT molecular complexity index is 1970. The highest BCUT2D eigenvalue weighted by atomic mass is 31.1. The fourth-order valence-corrected chi connectivity index (χ4v) is 10.7. The first-order chi connectivity index (χ1) is 22.0. The molecule has 0 saturated heterocycles. The van der Waals surface area contributed by atoms with E-state index < -0.39 is 7.92 Å². The number of benzene rings is 6. The second kappa shape index (κ2) is 12.7. The topological polar surface area (TPSA) is 12.5 Å². The third-order valence-electron chi connectivity index (χ3n) is 9.65. The van der Waals surface area contributed by atoms with Gasteiger partial charge in [0.05, 0.1) is 7.11 Å². The molecule has 1 fully saturated rings. The van der Waals surface area contributed by atoms with Crippen LogP contribution in [0.1, 0.15) is 37.7 Å². The predicted molar refractivity (Wildman–Crippen MR) is 197 cm³/mol. The molecule has 7 rings (SSSR count). The molecule has 0 N–H and O–H groups in total. The van der Waals surface area contributed by atoms with Crippen LogP contribution >= 0.6 is 7.92 Å². The summed E-state index contributed by atoms with van der Waals surface area (Å²) in [5.41, 5.74) is 8.42. The lowest BCUT2D eigenvalue weighted by molar-refractivity contribution is 0.417. The van der Waals surface area contributed by atoms with Crippen LogP contribution in [-0.2, 0) is 0 Å². The normalized spacial score (nSPS) is 14.5. The molecule has 1 atom stereocenters. The van der Waals surface area contributed by atoms with E-state index in [4.69, 9.17) is 4.74 Å². The molecule has 0 bridgehead atoms. The Balaban J connectivity index is 1.61. The fraction of sp³-hybridized carbons (Fsp3) is 0.238. The first kappa shape index (κ1) is 29.6. The highest BCUT2D eigenvalue weighted by Crippen LogP contribution is 2.52. The standard InChI is InChI=1S/C42H42NOP/c1-29-21-22-30-13-8-10-17-35(30)40(29)37-19-12-20-38(41-36-18-11-9-14-31(36)23-28-39(41)44-4)42(37)45(33-15-6-5-7-16-33)34-26-24-32(25-27-34)43(2)3/h8-14,17-28,33H,5-7,15-16H2,1-4H3. The van der Waals surface area contributed by atoms with Crippen molar-refractivity contribution in [2.75, 3.05) is 26.1 Å². The zero-order valence-electron chi connectivity index (χ0n) is 26.9. The van der Waals surface area contributed by atoms with Gasteiger partial charge >= 0.3 is 0 Å². The van der Waals surface area contributed by atoms with Crippen molar-refractivity contribution < 1.29 is 4.74 Å². The van der Waals surface area contributed by atoms with Crippen LogP contribution in [-0.4, -0.2) is 26.9 Å². The Morgan fingerprint density at radius 3 is 1.87 bits per heavy atom. The van der Waals surface area contributed by atoms with Gasteiger partial charge in [0.2, 0.25) is 0 Å². The van der Waals surface area contributed by atoms with Crippen LogP contribution in [0.25, 0.3) is 43.8 Å². The summed E-state index contributed by atoms with van der Waals surface area (Å²) in [6.45, 7) is 2.28. The summed E-state index contributed by atoms with van der Waals surface area (Å²) in [5, 5.41) is 8.05. The summed E-state index contributed by atoms with van der Waals surface area (Å²) in [6.07, 6.45) is 6.50. The van der Waals surface area contributed by atoms with Crippen LogP contribution in [0.3, 0.4) is 0 Å². The van der Waals surface area contributed by atoms with Gasteiger partial charge in [-0.05, 0) is 106 Å². The van der Waals surface area contributed by atoms with E-state index >= 15 is 0 Å². The van der Waals surface area contributed by atoms with Gasteiger partial charge in [0.15, 0.2) is 0 Å². The lowest BCUT2D eigenvalue weighted by Gasteiger charge is -2.35. The SMILES string of the molecule is COc1ccc2ccccc2c1-c1cccc(-c2c(C)ccc3ccccc23)c1P(c1ccc(N(C)C)cc1)C1CCCCC1. The van der Waals surface area contributed by atoms with Crippen molar-refractivity contribution in [2.24, 2.45) is 0 Å². The summed E-state index contributed by atoms with van der Waals surface area (Å²) < 4.78 is 6.18. The van der Waals surface area contributed by atoms with Crippen molar-refractivity contribution >= 4 is 45.8 Å². The van der Waals surface area contributed by atoms with E-state index in [1.54, 1.807) is 0 Å². The number of methoxy groups -OCH3 is 1. The Morgan fingerprint density at radius 1 is 0.622 bits per heavy atom. The molecule has 0 heterocycles. The highest BCUT2D eigenvalue weighted by molar-refractivity contribution is 7.74. The molecule has 0 radical (unpaired) electrons. The number of nitrogens with zero attached hydrogens (tertiary/aromatic N) is 1. The average molecular weight is 608 g/mol. The third kappa shape index (κ3) is 5.51. The lowest BCUT2D eigenvalue weighted by Crippen LogP contribution is -2.27. The molecular formula is C42H42NOP. The Kier molecular flexibility index (Phi) is 8.35. The smallest absolute Gasteiger partial charge is 0.127 e. The Hall–Kier alpha value is -4.13. The molecule has 1 unspecified atom stereocenters. The van der Waals surface area contributed by atoms with Gasteiger partial charge in [-0.15, -0.1) is 0 Å². The summed E-state index contributed by atoms with van der Waals surface area (Å²) in [5.74, 6) is 0.934. The van der Waals surface area contributed by atoms with Crippen LogP contribution < -0.4 is 20.2 Å². The maximum Gasteiger partial charge on any atom is 0.127 e. The zero-order valence-corrected chi connectivity index (χ0v) is 27.8. The second-order valence-electron chi connectivity index (χ2n) is 12.6. The summed E-state index contributed by atoms with van der Waals surface area (Å²) in [4.78, 5) is 2.20. The molecule has 1 aliphatic carbocycles. The number of ether oxygens (including phenoxy) is 1. The van der Waals surface area contributed by atoms with E-state index in [9.17, 15) is 0 Å². The van der Waals surface area contributed by atoms with Gasteiger partial charge in [0, 0.05) is 25.3 Å². The van der Waals surface area contributed by atoms with Crippen LogP contribution in [0.4, 0.5) is 5.69 Å². The molecule has 2 nitrogen and oxygen atoms in total. The van der Waals surface area contributed by atoms with E-state index in [0.29, 0.717) is 5.66 Å². The van der Waals surface area contributed by atoms with Crippen LogP contribution in [0.15, 0.2) is 115 Å². The second-order valence-corrected chi connectivity index (χ2v) is 15.1. The number of hydrogen-bond donors (Lipinski definition) is 0. The summed E-state index contributed by atoms with van der Waals surface area (Å²) in [6, 6.07) is 43.1. The van der Waals surface area contributed by atoms with Crippen molar-refractivity contribution in [3.05, 3.63) is 121 Å². The minimum atomic E-state index is -0.704. The van der Waals surface area contributed by atoms with Gasteiger partial charge in [0.1, 0.15) is 5.75 Å². The van der Waals surface area contributed by atoms with E-state index in [0.717, 1.165) is 5.75 Å². The molecule has 0 aliphatic heterocycles. The van der Waals surface area contributed by atoms with Gasteiger partial charge < -0.3 is 9.64 Å². The largest absolute Gasteiger partial charge is 0.496 e. The van der Waals surface area contributed by atoms with Crippen molar-refractivity contribution in [3.63, 3.8) is 0 Å². The number of fused-ring (bicyclic) bond motifs is 2. The van der Waals surface area contributed by atoms with Gasteiger partial charge in [-0.25, -0.2) is 0 Å². The number of rotatable bonds is 7. The highest BCUT2D eigenvalue weighted by Gasteiger charge is 2.32. The monoisotopic (exact) mass is 607 g/mol. The molecule has 1 aliphatic rings. The molecule has 3 heteroatoms. The molecule has 1 saturated carbocycles. The number of aryl methyl sites for hydroxylation is 1. The fourth-order valence-electron chi connectivity index (χ4n) is 7.42. The zero-order chi connectivity index (χ0) is 30.9. The molecule has 45 heavy (non-hydrogen) atoms. The van der Waals surface area contributed by atoms with Gasteiger partial charge in [0.25, 0.3) is 0 Å². The van der Waals surface area contributed by atoms with Gasteiger partial charge in [-0.3, -0.25) is 0 Å². The van der Waals surface area contributed by atoms with Gasteiger partial charge in [-0.1, -0.05) is 116 Å². The van der Waals surface area contributed by atoms with Crippen LogP contribution in [0, 0.1) is 6.92 Å². The minimum Gasteiger partial charge on any atom is -0.496 e. The Morgan fingerprint density at radius 2 is 1.22 bits per heavy atom. The van der Waals surface area contributed by atoms with E-state index in [1.807, 2.05) is 7.11 Å². The summed E-state index contributed by atoms with van der Waals surface area (Å²) >= 11 is 0. The summed E-state index contributed by atoms with van der Waals surface area (Å²) in [7, 11) is 5.37. The minimum absolute atomic E-state index is 0.620. The van der Waals surface area contributed by atoms with Crippen LogP contribution in [0.2, 0.25) is 0 Å². The maximum atomic E-state index is 6.18. The van der Waals surface area contributed by atoms with Crippen molar-refractivity contribution in [2.45, 2.75) is 44.7 Å². The molecule has 226 valence electrons. The van der Waals surface area contributed by atoms with E-state index in [1.165, 1.54) is 97.8 Å². The van der Waals surface area contributed by atoms with Crippen molar-refractivity contribution in [1.82, 2.24) is 0 Å². The average Bonchev–Trinajstić information content (AvgIpc) is 3.09. The first-order valence-electron chi connectivity index (χ1n) is 16.3. The number of anilines is 1. The number of hydrogen-bond acceptors (Lipinski definition) is 2. The molecule has 0 aromatic heterocycles. The quantitative estimate of drug-likeness (QED) is 0.167. The third-order valence-corrected chi connectivity index (χ3v) is 12.7. The molecule has 6 aromatic rings.